The van der Waals surface area contributed by atoms with E-state index in [1.165, 1.54) is 0 Å². The van der Waals surface area contributed by atoms with Gasteiger partial charge in [-0.1, -0.05) is 19.1 Å². The third kappa shape index (κ3) is 2.29. The Balaban J connectivity index is 2.51. The topological polar surface area (TPSA) is 34.0 Å². The third-order valence-electron chi connectivity index (χ3n) is 2.96. The minimum Gasteiger partial charge on any atom is -0.351 e. The molecule has 0 atom stereocenters. The third-order valence-corrected chi connectivity index (χ3v) is 3.60. The molecule has 1 N–H and O–H groups in total. The smallest absolute Gasteiger partial charge is 0.267 e. The van der Waals surface area contributed by atoms with Crippen molar-refractivity contribution in [3.05, 3.63) is 34.4 Å². The van der Waals surface area contributed by atoms with Crippen LogP contribution in [-0.4, -0.2) is 17.0 Å². The maximum atomic E-state index is 12.1. The van der Waals surface area contributed by atoms with Crippen LogP contribution in [0.25, 0.3) is 10.9 Å². The van der Waals surface area contributed by atoms with Gasteiger partial charge in [-0.15, -0.1) is 0 Å². The Labute approximate surface area is 115 Å². The van der Waals surface area contributed by atoms with Crippen LogP contribution in [0.15, 0.2) is 28.7 Å². The Morgan fingerprint density at radius 2 is 2.17 bits per heavy atom. The predicted molar refractivity (Wildman–Crippen MR) is 77.9 cm³/mol. The molecular formula is C14H17BrN2O. The van der Waals surface area contributed by atoms with Crippen LogP contribution in [0.2, 0.25) is 0 Å². The summed E-state index contributed by atoms with van der Waals surface area (Å²) in [5.41, 5.74) is 1.81. The van der Waals surface area contributed by atoms with E-state index in [9.17, 15) is 4.79 Å². The first-order valence-electron chi connectivity index (χ1n) is 6.25. The van der Waals surface area contributed by atoms with Crippen molar-refractivity contribution in [2.24, 2.45) is 0 Å². The first-order valence-corrected chi connectivity index (χ1v) is 7.04. The molecule has 0 aliphatic heterocycles. The number of hydrogen-bond acceptors (Lipinski definition) is 1. The van der Waals surface area contributed by atoms with E-state index in [2.05, 4.69) is 28.2 Å². The second kappa shape index (κ2) is 5.57. The van der Waals surface area contributed by atoms with Gasteiger partial charge in [0.2, 0.25) is 0 Å². The van der Waals surface area contributed by atoms with Crippen LogP contribution in [0.4, 0.5) is 0 Å². The summed E-state index contributed by atoms with van der Waals surface area (Å²) in [4.78, 5) is 12.1. The van der Waals surface area contributed by atoms with Crippen LogP contribution in [-0.2, 0) is 6.54 Å². The molecule has 4 heteroatoms. The van der Waals surface area contributed by atoms with Crippen LogP contribution < -0.4 is 5.32 Å². The molecule has 1 amide bonds. The lowest BCUT2D eigenvalue weighted by molar-refractivity contribution is 0.0945. The number of hydrogen-bond donors (Lipinski definition) is 1. The van der Waals surface area contributed by atoms with E-state index in [0.717, 1.165) is 34.0 Å². The van der Waals surface area contributed by atoms with Crippen molar-refractivity contribution in [2.75, 3.05) is 6.54 Å². The molecule has 1 heterocycles. The largest absolute Gasteiger partial charge is 0.351 e. The van der Waals surface area contributed by atoms with Gasteiger partial charge < -0.3 is 9.88 Å². The number of fused-ring (bicyclic) bond motifs is 1. The summed E-state index contributed by atoms with van der Waals surface area (Å²) in [6, 6.07) is 7.97. The average Bonchev–Trinajstić information content (AvgIpc) is 2.76. The highest BCUT2D eigenvalue weighted by Crippen LogP contribution is 2.27. The highest BCUT2D eigenvalue weighted by molar-refractivity contribution is 9.10. The van der Waals surface area contributed by atoms with Gasteiger partial charge in [-0.05, 0) is 41.4 Å². The molecule has 0 fully saturated rings. The Bertz CT molecular complexity index is 574. The van der Waals surface area contributed by atoms with E-state index in [-0.39, 0.29) is 5.91 Å². The van der Waals surface area contributed by atoms with Gasteiger partial charge >= 0.3 is 0 Å². The van der Waals surface area contributed by atoms with Crippen LogP contribution in [0, 0.1) is 0 Å². The van der Waals surface area contributed by atoms with Gasteiger partial charge in [0.15, 0.2) is 0 Å². The van der Waals surface area contributed by atoms with Crippen molar-refractivity contribution in [2.45, 2.75) is 26.8 Å². The summed E-state index contributed by atoms with van der Waals surface area (Å²) >= 11 is 3.55. The predicted octanol–water partition coefficient (Wildman–Crippen LogP) is 3.56. The molecule has 0 bridgehead atoms. The monoisotopic (exact) mass is 308 g/mol. The number of halogens is 1. The quantitative estimate of drug-likeness (QED) is 0.920. The van der Waals surface area contributed by atoms with Crippen LogP contribution in [0.5, 0.6) is 0 Å². The zero-order valence-corrected chi connectivity index (χ0v) is 12.3. The fourth-order valence-electron chi connectivity index (χ4n) is 2.12. The number of rotatable bonds is 4. The summed E-state index contributed by atoms with van der Waals surface area (Å²) in [6.45, 7) is 5.59. The number of carbonyl (C=O) groups is 1. The number of nitrogens with zero attached hydrogens (tertiary/aromatic N) is 1. The van der Waals surface area contributed by atoms with Crippen molar-refractivity contribution in [1.29, 1.82) is 0 Å². The van der Waals surface area contributed by atoms with Crippen molar-refractivity contribution >= 4 is 32.7 Å². The molecule has 0 aliphatic carbocycles. The number of aryl methyl sites for hydroxylation is 1. The zero-order chi connectivity index (χ0) is 13.1. The minimum atomic E-state index is 0.00167. The van der Waals surface area contributed by atoms with Gasteiger partial charge in [0.1, 0.15) is 5.69 Å². The number of aromatic nitrogens is 1. The van der Waals surface area contributed by atoms with Crippen molar-refractivity contribution in [1.82, 2.24) is 9.88 Å². The molecule has 0 unspecified atom stereocenters. The minimum absolute atomic E-state index is 0.00167. The summed E-state index contributed by atoms with van der Waals surface area (Å²) in [5.74, 6) is 0.00167. The van der Waals surface area contributed by atoms with Crippen LogP contribution >= 0.6 is 15.9 Å². The van der Waals surface area contributed by atoms with Crippen molar-refractivity contribution < 1.29 is 4.79 Å². The van der Waals surface area contributed by atoms with E-state index in [0.29, 0.717) is 6.54 Å². The lowest BCUT2D eigenvalue weighted by atomic mass is 10.2. The molecule has 0 aliphatic rings. The summed E-state index contributed by atoms with van der Waals surface area (Å²) < 4.78 is 3.07. The van der Waals surface area contributed by atoms with E-state index >= 15 is 0 Å². The molecule has 0 saturated carbocycles. The zero-order valence-electron chi connectivity index (χ0n) is 10.7. The van der Waals surface area contributed by atoms with Gasteiger partial charge in [0, 0.05) is 22.9 Å². The van der Waals surface area contributed by atoms with Crippen molar-refractivity contribution in [3.63, 3.8) is 0 Å². The second-order valence-corrected chi connectivity index (χ2v) is 5.06. The Morgan fingerprint density at radius 3 is 2.83 bits per heavy atom. The Morgan fingerprint density at radius 1 is 1.39 bits per heavy atom. The SMILES string of the molecule is CCCNC(=O)c1cc2cccc(Br)c2n1CC. The summed E-state index contributed by atoms with van der Waals surface area (Å²) in [7, 11) is 0. The number of carbonyl (C=O) groups excluding carboxylic acids is 1. The molecule has 2 rings (SSSR count). The first kappa shape index (κ1) is 13.1. The number of nitrogens with one attached hydrogen (secondary N) is 1. The number of benzene rings is 1. The molecule has 18 heavy (non-hydrogen) atoms. The van der Waals surface area contributed by atoms with Gasteiger partial charge in [0.05, 0.1) is 5.52 Å². The molecule has 0 saturated heterocycles. The van der Waals surface area contributed by atoms with E-state index < -0.39 is 0 Å². The van der Waals surface area contributed by atoms with E-state index in [4.69, 9.17) is 0 Å². The van der Waals surface area contributed by atoms with Gasteiger partial charge in [0.25, 0.3) is 5.91 Å². The molecular weight excluding hydrogens is 292 g/mol. The molecule has 1 aromatic carbocycles. The molecule has 96 valence electrons. The lowest BCUT2D eigenvalue weighted by Gasteiger charge is -2.08. The highest BCUT2D eigenvalue weighted by Gasteiger charge is 2.15. The first-order chi connectivity index (χ1) is 8.69. The number of amides is 1. The fourth-order valence-corrected chi connectivity index (χ4v) is 2.72. The molecule has 0 radical (unpaired) electrons. The maximum Gasteiger partial charge on any atom is 0.267 e. The average molecular weight is 309 g/mol. The molecule has 0 spiro atoms. The standard InChI is InChI=1S/C14H17BrN2O/c1-3-8-16-14(18)12-9-10-6-5-7-11(15)13(10)17(12)4-2/h5-7,9H,3-4,8H2,1-2H3,(H,16,18). The fraction of sp³-hybridized carbons (Fsp3) is 0.357. The summed E-state index contributed by atoms with van der Waals surface area (Å²) in [6.07, 6.45) is 0.946. The summed E-state index contributed by atoms with van der Waals surface area (Å²) in [5, 5.41) is 4.02. The van der Waals surface area contributed by atoms with Crippen LogP contribution in [0.1, 0.15) is 30.8 Å². The molecule has 1 aromatic heterocycles. The lowest BCUT2D eigenvalue weighted by Crippen LogP contribution is -2.26. The van der Waals surface area contributed by atoms with E-state index in [1.807, 2.05) is 35.8 Å². The van der Waals surface area contributed by atoms with Gasteiger partial charge in [-0.25, -0.2) is 0 Å². The Hall–Kier alpha value is -1.29. The van der Waals surface area contributed by atoms with E-state index in [1.54, 1.807) is 0 Å². The second-order valence-electron chi connectivity index (χ2n) is 4.21. The van der Waals surface area contributed by atoms with Crippen molar-refractivity contribution in [3.8, 4) is 0 Å². The number of para-hydroxylation sites is 1. The molecule has 3 nitrogen and oxygen atoms in total. The van der Waals surface area contributed by atoms with Gasteiger partial charge in [-0.2, -0.15) is 0 Å². The Kier molecular flexibility index (Phi) is 4.07. The molecule has 2 aromatic rings. The normalized spacial score (nSPS) is 10.8. The highest BCUT2D eigenvalue weighted by atomic mass is 79.9. The van der Waals surface area contributed by atoms with Gasteiger partial charge in [-0.3, -0.25) is 4.79 Å². The van der Waals surface area contributed by atoms with Crippen LogP contribution in [0.3, 0.4) is 0 Å². The maximum absolute atomic E-state index is 12.1.